The largest absolute Gasteiger partial charge is 0.463 e. The normalized spacial score (nSPS) is 20.9. The fourth-order valence-electron chi connectivity index (χ4n) is 4.65. The summed E-state index contributed by atoms with van der Waals surface area (Å²) >= 11 is 0. The van der Waals surface area contributed by atoms with Crippen molar-refractivity contribution in [1.29, 1.82) is 0 Å². The molecule has 0 saturated carbocycles. The van der Waals surface area contributed by atoms with Gasteiger partial charge in [-0.1, -0.05) is 48.5 Å². The van der Waals surface area contributed by atoms with E-state index in [1.54, 1.807) is 0 Å². The van der Waals surface area contributed by atoms with E-state index in [1.807, 2.05) is 66.7 Å². The van der Waals surface area contributed by atoms with Gasteiger partial charge in [-0.2, -0.15) is 0 Å². The molecule has 0 radical (unpaired) electrons. The van der Waals surface area contributed by atoms with Crippen LogP contribution in [0.2, 0.25) is 0 Å². The predicted molar refractivity (Wildman–Crippen MR) is 117 cm³/mol. The molecule has 5 rings (SSSR count). The van der Waals surface area contributed by atoms with E-state index in [9.17, 15) is 4.79 Å². The number of fused-ring (bicyclic) bond motifs is 2. The highest BCUT2D eigenvalue weighted by molar-refractivity contribution is 6.09. The zero-order valence-electron chi connectivity index (χ0n) is 16.8. The Balaban J connectivity index is 1.60. The fraction of sp³-hybridized carbons (Fsp3) is 0.192. The highest BCUT2D eigenvalue weighted by Gasteiger charge is 2.57. The first-order chi connectivity index (χ1) is 13.9. The Labute approximate surface area is 171 Å². The number of carbonyl (C=O) groups is 1. The molecule has 0 aliphatic carbocycles. The molecular weight excluding hydrogens is 358 g/mol. The Morgan fingerprint density at radius 2 is 1.62 bits per heavy atom. The lowest BCUT2D eigenvalue weighted by Gasteiger charge is -2.45. The van der Waals surface area contributed by atoms with Crippen LogP contribution >= 0.6 is 0 Å². The van der Waals surface area contributed by atoms with E-state index in [4.69, 9.17) is 4.74 Å². The van der Waals surface area contributed by atoms with Gasteiger partial charge in [0.15, 0.2) is 5.78 Å². The Bertz CT molecular complexity index is 1150. The number of hydrogen-bond donors (Lipinski definition) is 0. The van der Waals surface area contributed by atoms with Gasteiger partial charge in [0.2, 0.25) is 5.72 Å². The van der Waals surface area contributed by atoms with E-state index >= 15 is 0 Å². The maximum absolute atomic E-state index is 13.0. The number of rotatable bonds is 2. The first-order valence-electron chi connectivity index (χ1n) is 9.89. The summed E-state index contributed by atoms with van der Waals surface area (Å²) in [4.78, 5) is 15.2. The van der Waals surface area contributed by atoms with Gasteiger partial charge in [-0.3, -0.25) is 4.79 Å². The van der Waals surface area contributed by atoms with Crippen LogP contribution in [0.25, 0.3) is 6.08 Å². The number of ketones is 1. The highest BCUT2D eigenvalue weighted by Crippen LogP contribution is 2.54. The molecule has 1 atom stereocenters. The Morgan fingerprint density at radius 1 is 0.897 bits per heavy atom. The summed E-state index contributed by atoms with van der Waals surface area (Å²) in [7, 11) is 2.06. The number of para-hydroxylation sites is 1. The summed E-state index contributed by atoms with van der Waals surface area (Å²) in [6, 6.07) is 23.5. The van der Waals surface area contributed by atoms with Crippen LogP contribution in [-0.2, 0) is 5.41 Å². The summed E-state index contributed by atoms with van der Waals surface area (Å²) in [6.07, 6.45) is 4.28. The maximum Gasteiger partial charge on any atom is 0.211 e. The van der Waals surface area contributed by atoms with Crippen molar-refractivity contribution in [3.63, 3.8) is 0 Å². The van der Waals surface area contributed by atoms with Crippen LogP contribution in [0, 0.1) is 0 Å². The van der Waals surface area contributed by atoms with Crippen LogP contribution in [-0.4, -0.2) is 18.6 Å². The van der Waals surface area contributed by atoms with Gasteiger partial charge in [-0.05, 0) is 55.8 Å². The maximum atomic E-state index is 13.0. The molecule has 3 nitrogen and oxygen atoms in total. The predicted octanol–water partition coefficient (Wildman–Crippen LogP) is 5.45. The third-order valence-corrected chi connectivity index (χ3v) is 6.40. The molecule has 2 aliphatic rings. The van der Waals surface area contributed by atoms with Crippen molar-refractivity contribution in [3.8, 4) is 5.75 Å². The molecule has 0 bridgehead atoms. The third-order valence-electron chi connectivity index (χ3n) is 6.40. The van der Waals surface area contributed by atoms with Crippen molar-refractivity contribution in [2.24, 2.45) is 0 Å². The van der Waals surface area contributed by atoms with Crippen molar-refractivity contribution in [2.45, 2.75) is 25.0 Å². The summed E-state index contributed by atoms with van der Waals surface area (Å²) in [5.41, 5.74) is 3.70. The van der Waals surface area contributed by atoms with Crippen molar-refractivity contribution < 1.29 is 9.53 Å². The lowest BCUT2D eigenvalue weighted by Crippen LogP contribution is -2.58. The summed E-state index contributed by atoms with van der Waals surface area (Å²) in [5.74, 6) is 0.918. The molecular formula is C26H23NO2. The molecule has 3 aromatic carbocycles. The zero-order chi connectivity index (χ0) is 20.2. The van der Waals surface area contributed by atoms with Crippen molar-refractivity contribution in [2.75, 3.05) is 11.9 Å². The van der Waals surface area contributed by atoms with Crippen LogP contribution in [0.1, 0.15) is 40.9 Å². The van der Waals surface area contributed by atoms with Crippen LogP contribution in [0.5, 0.6) is 5.75 Å². The molecule has 0 aromatic heterocycles. The summed E-state index contributed by atoms with van der Waals surface area (Å²) in [6.45, 7) is 4.37. The first kappa shape index (κ1) is 17.7. The number of carbonyl (C=O) groups excluding carboxylic acids is 1. The van der Waals surface area contributed by atoms with E-state index in [0.29, 0.717) is 11.1 Å². The second kappa shape index (κ2) is 6.08. The monoisotopic (exact) mass is 381 g/mol. The minimum atomic E-state index is -0.641. The van der Waals surface area contributed by atoms with Gasteiger partial charge >= 0.3 is 0 Å². The number of ether oxygens (including phenoxy) is 1. The zero-order valence-corrected chi connectivity index (χ0v) is 16.8. The van der Waals surface area contributed by atoms with Gasteiger partial charge in [0.1, 0.15) is 5.75 Å². The molecule has 1 spiro atoms. The standard InChI is InChI=1S/C26H23NO2/c1-25(2)21-17-20(24(28)19-10-5-4-6-11-19)13-14-22(21)27(3)26(25)16-15-18-9-7-8-12-23(18)29-26/h4-17H,1-3H3. The van der Waals surface area contributed by atoms with E-state index < -0.39 is 5.72 Å². The van der Waals surface area contributed by atoms with Crippen molar-refractivity contribution in [1.82, 2.24) is 0 Å². The summed E-state index contributed by atoms with van der Waals surface area (Å²) < 4.78 is 6.63. The molecule has 0 saturated heterocycles. The minimum Gasteiger partial charge on any atom is -0.463 e. The van der Waals surface area contributed by atoms with Crippen LogP contribution in [0.3, 0.4) is 0 Å². The molecule has 0 N–H and O–H groups in total. The SMILES string of the molecule is CN1c2ccc(C(=O)c3ccccc3)cc2C(C)(C)C12C=Cc1ccccc1O2. The molecule has 3 heteroatoms. The van der Waals surface area contributed by atoms with Crippen LogP contribution < -0.4 is 9.64 Å². The average molecular weight is 381 g/mol. The quantitative estimate of drug-likeness (QED) is 0.553. The fourth-order valence-corrected chi connectivity index (χ4v) is 4.65. The first-order valence-corrected chi connectivity index (χ1v) is 9.89. The highest BCUT2D eigenvalue weighted by atomic mass is 16.5. The van der Waals surface area contributed by atoms with Gasteiger partial charge in [0, 0.05) is 29.4 Å². The Kier molecular flexibility index (Phi) is 3.72. The summed E-state index contributed by atoms with van der Waals surface area (Å²) in [5, 5.41) is 0. The van der Waals surface area contributed by atoms with Crippen LogP contribution in [0.4, 0.5) is 5.69 Å². The molecule has 144 valence electrons. The topological polar surface area (TPSA) is 29.5 Å². The van der Waals surface area contributed by atoms with Gasteiger partial charge in [0.05, 0.1) is 5.41 Å². The number of benzene rings is 3. The molecule has 2 aliphatic heterocycles. The third kappa shape index (κ3) is 2.40. The van der Waals surface area contributed by atoms with Gasteiger partial charge < -0.3 is 9.64 Å². The second-order valence-electron chi connectivity index (χ2n) is 8.28. The van der Waals surface area contributed by atoms with E-state index in [1.165, 1.54) is 0 Å². The van der Waals surface area contributed by atoms with Crippen molar-refractivity contribution >= 4 is 17.5 Å². The van der Waals surface area contributed by atoms with Gasteiger partial charge in [-0.25, -0.2) is 0 Å². The lowest BCUT2D eigenvalue weighted by atomic mass is 9.76. The molecule has 1 unspecified atom stereocenters. The lowest BCUT2D eigenvalue weighted by molar-refractivity contribution is 0.0581. The number of anilines is 1. The van der Waals surface area contributed by atoms with Crippen LogP contribution in [0.15, 0.2) is 78.9 Å². The smallest absolute Gasteiger partial charge is 0.211 e. The molecule has 0 fully saturated rings. The minimum absolute atomic E-state index is 0.0400. The van der Waals surface area contributed by atoms with Gasteiger partial charge in [-0.15, -0.1) is 0 Å². The van der Waals surface area contributed by atoms with E-state index in [-0.39, 0.29) is 11.2 Å². The average Bonchev–Trinajstić information content (AvgIpc) is 2.92. The van der Waals surface area contributed by atoms with E-state index in [2.05, 4.69) is 44.0 Å². The second-order valence-corrected chi connectivity index (χ2v) is 8.28. The van der Waals surface area contributed by atoms with Gasteiger partial charge in [0.25, 0.3) is 0 Å². The number of hydrogen-bond acceptors (Lipinski definition) is 3. The van der Waals surface area contributed by atoms with Crippen molar-refractivity contribution in [3.05, 3.63) is 101 Å². The number of likely N-dealkylation sites (N-methyl/N-ethyl adjacent to an activating group) is 1. The van der Waals surface area contributed by atoms with E-state index in [0.717, 1.165) is 22.6 Å². The number of nitrogens with zero attached hydrogens (tertiary/aromatic N) is 1. The Hall–Kier alpha value is -3.33. The molecule has 29 heavy (non-hydrogen) atoms. The Morgan fingerprint density at radius 3 is 2.41 bits per heavy atom. The molecule has 3 aromatic rings. The molecule has 0 amide bonds. The molecule has 2 heterocycles.